The lowest BCUT2D eigenvalue weighted by molar-refractivity contribution is 0.105. The van der Waals surface area contributed by atoms with Crippen molar-refractivity contribution in [2.24, 2.45) is 0 Å². The summed E-state index contributed by atoms with van der Waals surface area (Å²) < 4.78 is 36.0. The largest absolute Gasteiger partial charge is 0.488 e. The highest BCUT2D eigenvalue weighted by atomic mass is 32.2. The maximum absolute atomic E-state index is 10.8. The number of hydrogen-bond donors (Lipinski definition) is 1. The third-order valence-electron chi connectivity index (χ3n) is 2.37. The molecule has 5 heteroatoms. The van der Waals surface area contributed by atoms with Crippen LogP contribution in [0.25, 0.3) is 0 Å². The lowest BCUT2D eigenvalue weighted by Crippen LogP contribution is -2.26. The highest BCUT2D eigenvalue weighted by molar-refractivity contribution is 7.85. The van der Waals surface area contributed by atoms with Gasteiger partial charge in [0.1, 0.15) is 11.4 Å². The highest BCUT2D eigenvalue weighted by Crippen LogP contribution is 2.22. The molecule has 0 heterocycles. The molecule has 0 unspecified atom stereocenters. The van der Waals surface area contributed by atoms with Gasteiger partial charge in [-0.3, -0.25) is 4.55 Å². The molecule has 1 rings (SSSR count). The summed E-state index contributed by atoms with van der Waals surface area (Å²) in [6.07, 6.45) is 0.840. The van der Waals surface area contributed by atoms with Gasteiger partial charge >= 0.3 is 0 Å². The third-order valence-corrected chi connectivity index (χ3v) is 3.24. The van der Waals surface area contributed by atoms with Gasteiger partial charge in [-0.25, -0.2) is 0 Å². The van der Waals surface area contributed by atoms with Crippen molar-refractivity contribution < 1.29 is 17.7 Å². The lowest BCUT2D eigenvalue weighted by Gasteiger charge is -2.24. The summed E-state index contributed by atoms with van der Waals surface area (Å²) >= 11 is 0. The van der Waals surface area contributed by atoms with Crippen molar-refractivity contribution in [1.82, 2.24) is 0 Å². The Hall–Kier alpha value is -1.07. The Morgan fingerprint density at radius 1 is 1.25 bits per heavy atom. The van der Waals surface area contributed by atoms with Gasteiger partial charge in [-0.1, -0.05) is 6.92 Å². The molecule has 1 aromatic rings. The summed E-state index contributed by atoms with van der Waals surface area (Å²) in [5.41, 5.74) is -0.292. The second-order valence-corrected chi connectivity index (χ2v) is 5.58. The average Bonchev–Trinajstić information content (AvgIpc) is 2.16. The molecule has 1 N–H and O–H groups in total. The first kappa shape index (κ1) is 13.0. The summed E-state index contributed by atoms with van der Waals surface area (Å²) in [6, 6.07) is 5.69. The van der Waals surface area contributed by atoms with Crippen LogP contribution in [-0.2, 0) is 10.1 Å². The van der Waals surface area contributed by atoms with Gasteiger partial charge in [0, 0.05) is 0 Å². The van der Waals surface area contributed by atoms with E-state index >= 15 is 0 Å². The second kappa shape index (κ2) is 4.43. The maximum Gasteiger partial charge on any atom is 0.294 e. The van der Waals surface area contributed by atoms with Crippen LogP contribution in [-0.4, -0.2) is 18.6 Å². The fourth-order valence-electron chi connectivity index (χ4n) is 1.07. The first-order valence-corrected chi connectivity index (χ1v) is 6.45. The fourth-order valence-corrected chi connectivity index (χ4v) is 1.55. The highest BCUT2D eigenvalue weighted by Gasteiger charge is 2.17. The van der Waals surface area contributed by atoms with Gasteiger partial charge in [0.15, 0.2) is 0 Å². The number of ether oxygens (including phenoxy) is 1. The van der Waals surface area contributed by atoms with E-state index in [0.29, 0.717) is 5.75 Å². The summed E-state index contributed by atoms with van der Waals surface area (Å²) in [6.45, 7) is 5.90. The minimum Gasteiger partial charge on any atom is -0.488 e. The molecule has 4 nitrogen and oxygen atoms in total. The minimum absolute atomic E-state index is 0.130. The van der Waals surface area contributed by atoms with E-state index in [2.05, 4.69) is 0 Å². The predicted octanol–water partition coefficient (Wildman–Crippen LogP) is 2.50. The smallest absolute Gasteiger partial charge is 0.294 e. The molecule has 0 aliphatic heterocycles. The van der Waals surface area contributed by atoms with Crippen LogP contribution in [0.15, 0.2) is 29.2 Å². The van der Waals surface area contributed by atoms with Crippen LogP contribution in [0, 0.1) is 0 Å². The Balaban J connectivity index is 2.89. The van der Waals surface area contributed by atoms with Crippen LogP contribution >= 0.6 is 0 Å². The molecule has 0 bridgehead atoms. The Labute approximate surface area is 96.0 Å². The van der Waals surface area contributed by atoms with E-state index < -0.39 is 10.1 Å². The standard InChI is InChI=1S/C11H16O4S/c1-4-11(2,3)15-9-5-7-10(8-6-9)16(12,13)14/h5-8H,4H2,1-3H3,(H,12,13,14). The van der Waals surface area contributed by atoms with E-state index in [1.807, 2.05) is 20.8 Å². The van der Waals surface area contributed by atoms with E-state index in [4.69, 9.17) is 9.29 Å². The topological polar surface area (TPSA) is 63.6 Å². The molecule has 1 aromatic carbocycles. The molecule has 90 valence electrons. The quantitative estimate of drug-likeness (QED) is 0.826. The first-order valence-electron chi connectivity index (χ1n) is 5.01. The van der Waals surface area contributed by atoms with Crippen molar-refractivity contribution in [3.63, 3.8) is 0 Å². The Bertz CT molecular complexity index is 445. The molecule has 0 radical (unpaired) electrons. The molecule has 0 fully saturated rings. The SMILES string of the molecule is CCC(C)(C)Oc1ccc(S(=O)(=O)O)cc1. The Morgan fingerprint density at radius 2 is 1.75 bits per heavy atom. The van der Waals surface area contributed by atoms with Crippen molar-refractivity contribution in [1.29, 1.82) is 0 Å². The summed E-state index contributed by atoms with van der Waals surface area (Å²) in [7, 11) is -4.12. The van der Waals surface area contributed by atoms with Gasteiger partial charge in [-0.2, -0.15) is 8.42 Å². The summed E-state index contributed by atoms with van der Waals surface area (Å²) in [4.78, 5) is -0.130. The second-order valence-electron chi connectivity index (χ2n) is 4.16. The molecule has 16 heavy (non-hydrogen) atoms. The van der Waals surface area contributed by atoms with Crippen molar-refractivity contribution in [2.45, 2.75) is 37.7 Å². The van der Waals surface area contributed by atoms with Crippen LogP contribution in [0.1, 0.15) is 27.2 Å². The van der Waals surface area contributed by atoms with Crippen LogP contribution in [0.4, 0.5) is 0 Å². The maximum atomic E-state index is 10.8. The summed E-state index contributed by atoms with van der Waals surface area (Å²) in [5, 5.41) is 0. The van der Waals surface area contributed by atoms with Crippen molar-refractivity contribution in [3.8, 4) is 5.75 Å². The number of benzene rings is 1. The van der Waals surface area contributed by atoms with E-state index in [9.17, 15) is 8.42 Å². The van der Waals surface area contributed by atoms with Gasteiger partial charge in [0.25, 0.3) is 10.1 Å². The van der Waals surface area contributed by atoms with E-state index in [1.165, 1.54) is 24.3 Å². The zero-order chi connectivity index (χ0) is 12.4. The van der Waals surface area contributed by atoms with Crippen molar-refractivity contribution in [3.05, 3.63) is 24.3 Å². The Kier molecular flexibility index (Phi) is 3.60. The average molecular weight is 244 g/mol. The van der Waals surface area contributed by atoms with Crippen LogP contribution in [0.5, 0.6) is 5.75 Å². The molecule has 0 spiro atoms. The fraction of sp³-hybridized carbons (Fsp3) is 0.455. The molecule has 0 aliphatic carbocycles. The molecule has 0 atom stereocenters. The van der Waals surface area contributed by atoms with E-state index in [1.54, 1.807) is 0 Å². The third kappa shape index (κ3) is 3.50. The van der Waals surface area contributed by atoms with Crippen LogP contribution in [0.2, 0.25) is 0 Å². The minimum atomic E-state index is -4.12. The molecule has 0 aliphatic rings. The van der Waals surface area contributed by atoms with Gasteiger partial charge < -0.3 is 4.74 Å². The molecule has 0 saturated heterocycles. The zero-order valence-electron chi connectivity index (χ0n) is 9.60. The molecule has 0 aromatic heterocycles. The van der Waals surface area contributed by atoms with Crippen molar-refractivity contribution >= 4 is 10.1 Å². The van der Waals surface area contributed by atoms with Gasteiger partial charge in [-0.15, -0.1) is 0 Å². The molecule has 0 amide bonds. The van der Waals surface area contributed by atoms with Gasteiger partial charge in [0.2, 0.25) is 0 Å². The van der Waals surface area contributed by atoms with Gasteiger partial charge in [0.05, 0.1) is 4.90 Å². The van der Waals surface area contributed by atoms with Gasteiger partial charge in [-0.05, 0) is 44.5 Å². The van der Waals surface area contributed by atoms with E-state index in [-0.39, 0.29) is 10.5 Å². The lowest BCUT2D eigenvalue weighted by atomic mass is 10.1. The monoisotopic (exact) mass is 244 g/mol. The molecular weight excluding hydrogens is 228 g/mol. The predicted molar refractivity (Wildman–Crippen MR) is 61.3 cm³/mol. The number of hydrogen-bond acceptors (Lipinski definition) is 3. The zero-order valence-corrected chi connectivity index (χ0v) is 10.4. The first-order chi connectivity index (χ1) is 7.24. The van der Waals surface area contributed by atoms with Crippen LogP contribution < -0.4 is 4.74 Å². The Morgan fingerprint density at radius 3 is 2.12 bits per heavy atom. The van der Waals surface area contributed by atoms with Crippen LogP contribution in [0.3, 0.4) is 0 Å². The normalized spacial score (nSPS) is 12.5. The molecular formula is C11H16O4S. The van der Waals surface area contributed by atoms with E-state index in [0.717, 1.165) is 6.42 Å². The summed E-state index contributed by atoms with van der Waals surface area (Å²) in [5.74, 6) is 0.583. The molecule has 0 saturated carbocycles. The van der Waals surface area contributed by atoms with Crippen molar-refractivity contribution in [2.75, 3.05) is 0 Å². The number of rotatable bonds is 4.